The molecule has 1 aliphatic rings. The quantitative estimate of drug-likeness (QED) is 0.715. The molecule has 1 aromatic heterocycles. The fraction of sp³-hybridized carbons (Fsp3) is 0.538. The number of aromatic nitrogens is 1. The molecule has 1 fully saturated rings. The summed E-state index contributed by atoms with van der Waals surface area (Å²) in [5, 5.41) is 9.52. The van der Waals surface area contributed by atoms with Crippen LogP contribution in [-0.4, -0.2) is 30.0 Å². The molecule has 0 radical (unpaired) electrons. The Hall–Kier alpha value is -1.78. The first-order chi connectivity index (χ1) is 8.78. The van der Waals surface area contributed by atoms with Crippen molar-refractivity contribution in [3.05, 3.63) is 18.3 Å². The van der Waals surface area contributed by atoms with Gasteiger partial charge in [0.1, 0.15) is 5.82 Å². The lowest BCUT2D eigenvalue weighted by molar-refractivity contribution is -0.119. The van der Waals surface area contributed by atoms with Gasteiger partial charge >= 0.3 is 0 Å². The molecule has 1 unspecified atom stereocenters. The number of carbonyl (C=O) groups is 1. The highest BCUT2D eigenvalue weighted by atomic mass is 16.1. The standard InChI is InChI=1S/C13H20N4O/c1-2-6-14-12-8-10(5-7-15-12)16-9-11-3-4-13(18)17-11/h5,7-8,11H,2-4,6,9H2,1H3,(H,17,18)(H2,14,15,16). The first-order valence-electron chi connectivity index (χ1n) is 6.51. The summed E-state index contributed by atoms with van der Waals surface area (Å²) in [5.74, 6) is 1.04. The number of carbonyl (C=O) groups excluding carboxylic acids is 1. The molecule has 1 aliphatic heterocycles. The molecule has 2 heterocycles. The van der Waals surface area contributed by atoms with Crippen LogP contribution >= 0.6 is 0 Å². The zero-order chi connectivity index (χ0) is 12.8. The van der Waals surface area contributed by atoms with Gasteiger partial charge in [0, 0.05) is 43.5 Å². The van der Waals surface area contributed by atoms with Gasteiger partial charge in [-0.05, 0) is 18.9 Å². The summed E-state index contributed by atoms with van der Waals surface area (Å²) in [6, 6.07) is 4.18. The normalized spacial score (nSPS) is 18.5. The molecule has 2 rings (SSSR count). The van der Waals surface area contributed by atoms with Crippen molar-refractivity contribution in [2.24, 2.45) is 0 Å². The number of hydrogen-bond donors (Lipinski definition) is 3. The van der Waals surface area contributed by atoms with Crippen LogP contribution < -0.4 is 16.0 Å². The minimum absolute atomic E-state index is 0.154. The SMILES string of the molecule is CCCNc1cc(NCC2CCC(=O)N2)ccn1. The van der Waals surface area contributed by atoms with Gasteiger partial charge in [-0.2, -0.15) is 0 Å². The molecular formula is C13H20N4O. The van der Waals surface area contributed by atoms with Crippen LogP contribution in [0.25, 0.3) is 0 Å². The van der Waals surface area contributed by atoms with Crippen LogP contribution in [0.4, 0.5) is 11.5 Å². The Labute approximate surface area is 107 Å². The number of nitrogens with zero attached hydrogens (tertiary/aromatic N) is 1. The molecule has 1 atom stereocenters. The monoisotopic (exact) mass is 248 g/mol. The fourth-order valence-electron chi connectivity index (χ4n) is 1.96. The Morgan fingerprint density at radius 2 is 2.39 bits per heavy atom. The van der Waals surface area contributed by atoms with Crippen LogP contribution in [-0.2, 0) is 4.79 Å². The summed E-state index contributed by atoms with van der Waals surface area (Å²) in [4.78, 5) is 15.3. The molecule has 1 amide bonds. The maximum absolute atomic E-state index is 11.1. The van der Waals surface area contributed by atoms with E-state index in [9.17, 15) is 4.79 Å². The van der Waals surface area contributed by atoms with Crippen LogP contribution in [0.1, 0.15) is 26.2 Å². The highest BCUT2D eigenvalue weighted by molar-refractivity contribution is 5.78. The van der Waals surface area contributed by atoms with E-state index >= 15 is 0 Å². The predicted octanol–water partition coefficient (Wildman–Crippen LogP) is 1.59. The van der Waals surface area contributed by atoms with Gasteiger partial charge in [-0.25, -0.2) is 4.98 Å². The molecule has 0 aromatic carbocycles. The maximum Gasteiger partial charge on any atom is 0.220 e. The van der Waals surface area contributed by atoms with Crippen molar-refractivity contribution < 1.29 is 4.79 Å². The third-order valence-electron chi connectivity index (χ3n) is 2.95. The Bertz CT molecular complexity index is 408. The second-order valence-corrected chi connectivity index (χ2v) is 4.54. The van der Waals surface area contributed by atoms with Crippen molar-refractivity contribution in [2.45, 2.75) is 32.2 Å². The minimum Gasteiger partial charge on any atom is -0.383 e. The van der Waals surface area contributed by atoms with Gasteiger partial charge in [0.05, 0.1) is 0 Å². The first-order valence-corrected chi connectivity index (χ1v) is 6.51. The molecule has 0 saturated carbocycles. The lowest BCUT2D eigenvalue weighted by Crippen LogP contribution is -2.31. The number of nitrogens with one attached hydrogen (secondary N) is 3. The van der Waals surface area contributed by atoms with E-state index < -0.39 is 0 Å². The Morgan fingerprint density at radius 3 is 3.11 bits per heavy atom. The van der Waals surface area contributed by atoms with Crippen LogP contribution in [0.5, 0.6) is 0 Å². The van der Waals surface area contributed by atoms with Gasteiger partial charge in [-0.15, -0.1) is 0 Å². The number of amides is 1. The van der Waals surface area contributed by atoms with Crippen LogP contribution in [0, 0.1) is 0 Å². The molecule has 1 saturated heterocycles. The summed E-state index contributed by atoms with van der Waals surface area (Å²) in [6.07, 6.45) is 4.42. The van der Waals surface area contributed by atoms with Crippen LogP contribution in [0.3, 0.4) is 0 Å². The number of hydrogen-bond acceptors (Lipinski definition) is 4. The first kappa shape index (κ1) is 12.7. The third kappa shape index (κ3) is 3.61. The molecular weight excluding hydrogens is 228 g/mol. The van der Waals surface area contributed by atoms with E-state index in [1.165, 1.54) is 0 Å². The van der Waals surface area contributed by atoms with Gasteiger partial charge < -0.3 is 16.0 Å². The molecule has 0 spiro atoms. The van der Waals surface area contributed by atoms with Crippen molar-refractivity contribution in [1.29, 1.82) is 0 Å². The van der Waals surface area contributed by atoms with Crippen LogP contribution in [0.2, 0.25) is 0 Å². The topological polar surface area (TPSA) is 66.0 Å². The van der Waals surface area contributed by atoms with E-state index in [4.69, 9.17) is 0 Å². The average Bonchev–Trinajstić information content (AvgIpc) is 2.80. The van der Waals surface area contributed by atoms with Crippen molar-refractivity contribution in [1.82, 2.24) is 10.3 Å². The summed E-state index contributed by atoms with van der Waals surface area (Å²) < 4.78 is 0. The van der Waals surface area contributed by atoms with Crippen LogP contribution in [0.15, 0.2) is 18.3 Å². The smallest absolute Gasteiger partial charge is 0.220 e. The molecule has 18 heavy (non-hydrogen) atoms. The van der Waals surface area contributed by atoms with Crippen molar-refractivity contribution in [3.8, 4) is 0 Å². The molecule has 1 aromatic rings. The minimum atomic E-state index is 0.154. The van der Waals surface area contributed by atoms with Crippen molar-refractivity contribution >= 4 is 17.4 Å². The summed E-state index contributed by atoms with van der Waals surface area (Å²) in [5.41, 5.74) is 1.03. The second kappa shape index (κ2) is 6.23. The summed E-state index contributed by atoms with van der Waals surface area (Å²) in [7, 11) is 0. The highest BCUT2D eigenvalue weighted by Gasteiger charge is 2.19. The van der Waals surface area contributed by atoms with Gasteiger partial charge in [0.15, 0.2) is 0 Å². The summed E-state index contributed by atoms with van der Waals surface area (Å²) in [6.45, 7) is 3.82. The molecule has 0 bridgehead atoms. The molecule has 0 aliphatic carbocycles. The van der Waals surface area contributed by atoms with E-state index in [0.29, 0.717) is 6.42 Å². The molecule has 98 valence electrons. The lowest BCUT2D eigenvalue weighted by Gasteiger charge is -2.13. The Kier molecular flexibility index (Phi) is 4.39. The fourth-order valence-corrected chi connectivity index (χ4v) is 1.96. The van der Waals surface area contributed by atoms with Gasteiger partial charge in [-0.3, -0.25) is 4.79 Å². The predicted molar refractivity (Wildman–Crippen MR) is 72.7 cm³/mol. The van der Waals surface area contributed by atoms with E-state index in [1.54, 1.807) is 6.20 Å². The van der Waals surface area contributed by atoms with Gasteiger partial charge in [-0.1, -0.05) is 6.92 Å². The average molecular weight is 248 g/mol. The largest absolute Gasteiger partial charge is 0.383 e. The highest BCUT2D eigenvalue weighted by Crippen LogP contribution is 2.13. The van der Waals surface area contributed by atoms with E-state index in [0.717, 1.165) is 37.4 Å². The van der Waals surface area contributed by atoms with Gasteiger partial charge in [0.2, 0.25) is 5.91 Å². The number of anilines is 2. The zero-order valence-electron chi connectivity index (χ0n) is 10.7. The number of pyridine rings is 1. The molecule has 3 N–H and O–H groups in total. The molecule has 5 heteroatoms. The lowest BCUT2D eigenvalue weighted by atomic mass is 10.2. The summed E-state index contributed by atoms with van der Waals surface area (Å²) >= 11 is 0. The van der Waals surface area contributed by atoms with E-state index in [-0.39, 0.29) is 11.9 Å². The maximum atomic E-state index is 11.1. The number of rotatable bonds is 6. The van der Waals surface area contributed by atoms with Crippen molar-refractivity contribution in [2.75, 3.05) is 23.7 Å². The second-order valence-electron chi connectivity index (χ2n) is 4.54. The van der Waals surface area contributed by atoms with E-state index in [1.807, 2.05) is 12.1 Å². The third-order valence-corrected chi connectivity index (χ3v) is 2.95. The van der Waals surface area contributed by atoms with Gasteiger partial charge in [0.25, 0.3) is 0 Å². The zero-order valence-corrected chi connectivity index (χ0v) is 10.7. The molecule has 5 nitrogen and oxygen atoms in total. The Morgan fingerprint density at radius 1 is 1.50 bits per heavy atom. The van der Waals surface area contributed by atoms with Crippen molar-refractivity contribution in [3.63, 3.8) is 0 Å². The Balaban J connectivity index is 1.83. The van der Waals surface area contributed by atoms with E-state index in [2.05, 4.69) is 27.9 Å².